The smallest absolute Gasteiger partial charge is 0.228 e. The molecular weight excluding hydrogens is 168 g/mol. The Morgan fingerprint density at radius 3 is 1.67 bits per heavy atom. The molecule has 0 atom stereocenters. The van der Waals surface area contributed by atoms with E-state index < -0.39 is 6.17 Å². The van der Waals surface area contributed by atoms with Crippen molar-refractivity contribution in [1.29, 1.82) is 0 Å². The van der Waals surface area contributed by atoms with Gasteiger partial charge in [0.1, 0.15) is 0 Å². The molecule has 8 nitrogen and oxygen atoms in total. The molecule has 70 valence electrons. The zero-order chi connectivity index (χ0) is 9.56. The standard InChI is InChI=1S/C4H12N4O4/c1-4(7(9)5-11-2)8(10)6-12-3/h4H,1-3H3,(H,5,9)(H,6,10)/q+2. The fourth-order valence-corrected chi connectivity index (χ4v) is 0.428. The van der Waals surface area contributed by atoms with Crippen molar-refractivity contribution in [3.05, 3.63) is 9.81 Å². The summed E-state index contributed by atoms with van der Waals surface area (Å²) in [6.45, 7) is 1.36. The molecule has 0 aromatic rings. The number of hydrogen-bond acceptors (Lipinski definition) is 4. The molecule has 0 rings (SSSR count). The fourth-order valence-electron chi connectivity index (χ4n) is 0.428. The van der Waals surface area contributed by atoms with E-state index in [9.17, 15) is 9.81 Å². The molecule has 0 aromatic carbocycles. The Hall–Kier alpha value is -1.28. The SMILES string of the molecule is CON[N+](=O)C(C)[N+](=O)NOC. The molecule has 0 bridgehead atoms. The molecule has 0 radical (unpaired) electrons. The Morgan fingerprint density at radius 1 is 1.08 bits per heavy atom. The third-order valence-electron chi connectivity index (χ3n) is 1.04. The summed E-state index contributed by atoms with van der Waals surface area (Å²) in [5.74, 6) is 0. The van der Waals surface area contributed by atoms with E-state index in [-0.39, 0.29) is 9.74 Å². The first-order valence-electron chi connectivity index (χ1n) is 3.13. The molecule has 8 heteroatoms. The summed E-state index contributed by atoms with van der Waals surface area (Å²) in [6.07, 6.45) is -1.01. The molecule has 0 saturated carbocycles. The summed E-state index contributed by atoms with van der Waals surface area (Å²) in [6, 6.07) is 0. The molecule has 0 aliphatic rings. The highest BCUT2D eigenvalue weighted by Crippen LogP contribution is 1.85. The van der Waals surface area contributed by atoms with E-state index >= 15 is 0 Å². The predicted molar refractivity (Wildman–Crippen MR) is 37.0 cm³/mol. The Morgan fingerprint density at radius 2 is 1.42 bits per heavy atom. The van der Waals surface area contributed by atoms with Crippen molar-refractivity contribution in [2.24, 2.45) is 0 Å². The lowest BCUT2D eigenvalue weighted by atomic mass is 10.6. The van der Waals surface area contributed by atoms with Gasteiger partial charge in [-0.05, 0) is 11.2 Å². The number of rotatable bonds is 6. The van der Waals surface area contributed by atoms with E-state index in [1.54, 1.807) is 0 Å². The summed E-state index contributed by atoms with van der Waals surface area (Å²) in [5.41, 5.74) is 3.85. The Labute approximate surface area is 68.8 Å². The van der Waals surface area contributed by atoms with Crippen LogP contribution in [0.2, 0.25) is 0 Å². The molecule has 0 aliphatic carbocycles. The topological polar surface area (TPSA) is 82.7 Å². The van der Waals surface area contributed by atoms with E-state index in [2.05, 4.69) is 9.68 Å². The van der Waals surface area contributed by atoms with Crippen LogP contribution in [-0.4, -0.2) is 30.1 Å². The molecule has 0 heterocycles. The zero-order valence-corrected chi connectivity index (χ0v) is 7.10. The average Bonchev–Trinajstić information content (AvgIpc) is 2.04. The number of hydrogen-bond donors (Lipinski definition) is 2. The molecule has 0 aromatic heterocycles. The molecule has 12 heavy (non-hydrogen) atoms. The first-order chi connectivity index (χ1) is 5.63. The fraction of sp³-hybridized carbons (Fsp3) is 1.00. The lowest BCUT2D eigenvalue weighted by Crippen LogP contribution is -2.44. The maximum atomic E-state index is 10.8. The van der Waals surface area contributed by atoms with Crippen LogP contribution in [-0.2, 0) is 9.68 Å². The van der Waals surface area contributed by atoms with Crippen molar-refractivity contribution in [1.82, 2.24) is 11.2 Å². The van der Waals surface area contributed by atoms with Gasteiger partial charge in [-0.2, -0.15) is 0 Å². The van der Waals surface area contributed by atoms with Gasteiger partial charge in [0.05, 0.1) is 31.0 Å². The third-order valence-corrected chi connectivity index (χ3v) is 1.04. The van der Waals surface area contributed by atoms with E-state index in [4.69, 9.17) is 0 Å². The van der Waals surface area contributed by atoms with Gasteiger partial charge in [-0.25, -0.2) is 9.68 Å². The molecule has 0 saturated heterocycles. The van der Waals surface area contributed by atoms with Crippen molar-refractivity contribution in [2.45, 2.75) is 13.1 Å². The van der Waals surface area contributed by atoms with E-state index in [1.807, 2.05) is 11.2 Å². The van der Waals surface area contributed by atoms with Crippen molar-refractivity contribution >= 4 is 0 Å². The summed E-state index contributed by atoms with van der Waals surface area (Å²) in [5, 5.41) is 0. The van der Waals surface area contributed by atoms with E-state index in [0.29, 0.717) is 0 Å². The van der Waals surface area contributed by atoms with Crippen LogP contribution < -0.4 is 11.2 Å². The van der Waals surface area contributed by atoms with Gasteiger partial charge in [0, 0.05) is 0 Å². The molecule has 0 unspecified atom stereocenters. The van der Waals surface area contributed by atoms with Gasteiger partial charge in [-0.15, -0.1) is 0 Å². The predicted octanol–water partition coefficient (Wildman–Crippen LogP) is -0.978. The Bertz CT molecular complexity index is 154. The minimum absolute atomic E-state index is 0.221. The van der Waals surface area contributed by atoms with Crippen molar-refractivity contribution in [3.8, 4) is 0 Å². The maximum Gasteiger partial charge on any atom is 0.491 e. The summed E-state index contributed by atoms with van der Waals surface area (Å²) in [7, 11) is 2.52. The molecule has 0 aliphatic heterocycles. The highest BCUT2D eigenvalue weighted by atomic mass is 16.7. The van der Waals surface area contributed by atoms with Gasteiger partial charge in [-0.1, -0.05) is 0 Å². The van der Waals surface area contributed by atoms with Crippen LogP contribution in [0.4, 0.5) is 0 Å². The number of nitrogens with zero attached hydrogens (tertiary/aromatic N) is 2. The van der Waals surface area contributed by atoms with E-state index in [1.165, 1.54) is 21.1 Å². The Balaban J connectivity index is 3.91. The highest BCUT2D eigenvalue weighted by molar-refractivity contribution is 4.13. The first-order valence-corrected chi connectivity index (χ1v) is 3.13. The van der Waals surface area contributed by atoms with Gasteiger partial charge >= 0.3 is 6.17 Å². The van der Waals surface area contributed by atoms with Crippen molar-refractivity contribution in [3.63, 3.8) is 0 Å². The van der Waals surface area contributed by atoms with Gasteiger partial charge in [-0.3, -0.25) is 0 Å². The second-order valence-corrected chi connectivity index (χ2v) is 1.87. The number of hydrazine groups is 2. The summed E-state index contributed by atoms with van der Waals surface area (Å²) >= 11 is 0. The molecular formula is C4H12N4O4+2. The maximum absolute atomic E-state index is 10.8. The van der Waals surface area contributed by atoms with Crippen LogP contribution in [0.25, 0.3) is 0 Å². The number of nitrogens with one attached hydrogen (secondary N) is 2. The second-order valence-electron chi connectivity index (χ2n) is 1.87. The molecule has 0 fully saturated rings. The van der Waals surface area contributed by atoms with Crippen LogP contribution in [0.15, 0.2) is 0 Å². The Kier molecular flexibility index (Phi) is 4.81. The largest absolute Gasteiger partial charge is 0.491 e. The minimum atomic E-state index is -1.01. The van der Waals surface area contributed by atoms with Crippen LogP contribution in [0.5, 0.6) is 0 Å². The normalized spacial score (nSPS) is 9.67. The van der Waals surface area contributed by atoms with Crippen molar-refractivity contribution in [2.75, 3.05) is 14.2 Å². The average molecular weight is 180 g/mol. The van der Waals surface area contributed by atoms with Crippen LogP contribution in [0.1, 0.15) is 6.92 Å². The first kappa shape index (κ1) is 10.7. The van der Waals surface area contributed by atoms with Crippen LogP contribution in [0.3, 0.4) is 0 Å². The van der Waals surface area contributed by atoms with Gasteiger partial charge in [0.25, 0.3) is 0 Å². The second kappa shape index (κ2) is 5.38. The lowest BCUT2D eigenvalue weighted by molar-refractivity contribution is -0.870. The monoisotopic (exact) mass is 180 g/mol. The van der Waals surface area contributed by atoms with E-state index in [0.717, 1.165) is 0 Å². The summed E-state index contributed by atoms with van der Waals surface area (Å²) < 4.78 is 0. The summed E-state index contributed by atoms with van der Waals surface area (Å²) in [4.78, 5) is 30.6. The van der Waals surface area contributed by atoms with Gasteiger partial charge in [0.2, 0.25) is 9.74 Å². The molecule has 2 N–H and O–H groups in total. The third kappa shape index (κ3) is 3.21. The lowest BCUT2D eigenvalue weighted by Gasteiger charge is -1.95. The zero-order valence-electron chi connectivity index (χ0n) is 7.10. The van der Waals surface area contributed by atoms with Gasteiger partial charge in [0.15, 0.2) is 0 Å². The minimum Gasteiger partial charge on any atom is -0.228 e. The van der Waals surface area contributed by atoms with Crippen molar-refractivity contribution < 1.29 is 19.4 Å². The quantitative estimate of drug-likeness (QED) is 0.310. The highest BCUT2D eigenvalue weighted by Gasteiger charge is 2.36. The molecule has 0 spiro atoms. The molecule has 0 amide bonds. The van der Waals surface area contributed by atoms with Crippen LogP contribution in [0, 0.1) is 9.81 Å². The van der Waals surface area contributed by atoms with Gasteiger partial charge < -0.3 is 0 Å². The van der Waals surface area contributed by atoms with Crippen LogP contribution >= 0.6 is 0 Å². The number of nitroso groups, excluding NO2 is 2.